The molecule has 2 amide bonds. The number of thiophene rings is 1. The maximum absolute atomic E-state index is 12.2. The van der Waals surface area contributed by atoms with E-state index in [4.69, 9.17) is 4.74 Å². The lowest BCUT2D eigenvalue weighted by Gasteiger charge is -2.19. The van der Waals surface area contributed by atoms with Crippen molar-refractivity contribution in [2.75, 3.05) is 6.61 Å². The number of hydrogen-bond donors (Lipinski definition) is 2. The van der Waals surface area contributed by atoms with E-state index in [2.05, 4.69) is 17.8 Å². The first kappa shape index (κ1) is 21.4. The number of amides is 2. The number of ether oxygens (including phenoxy) is 1. The van der Waals surface area contributed by atoms with Gasteiger partial charge in [-0.1, -0.05) is 19.4 Å². The topological polar surface area (TPSA) is 128 Å². The summed E-state index contributed by atoms with van der Waals surface area (Å²) in [6.07, 6.45) is 4.14. The molecule has 0 fully saturated rings. The van der Waals surface area contributed by atoms with E-state index < -0.39 is 29.3 Å². The van der Waals surface area contributed by atoms with Gasteiger partial charge in [0.1, 0.15) is 4.88 Å². The van der Waals surface area contributed by atoms with E-state index in [9.17, 15) is 24.5 Å². The van der Waals surface area contributed by atoms with Gasteiger partial charge >= 0.3 is 5.97 Å². The van der Waals surface area contributed by atoms with E-state index in [0.29, 0.717) is 10.8 Å². The maximum Gasteiger partial charge on any atom is 0.348 e. The van der Waals surface area contributed by atoms with Gasteiger partial charge < -0.3 is 4.74 Å². The maximum atomic E-state index is 12.2. The summed E-state index contributed by atoms with van der Waals surface area (Å²) in [5.74, 6) is -1.40. The molecule has 0 spiro atoms. The van der Waals surface area contributed by atoms with Gasteiger partial charge in [0.05, 0.1) is 4.92 Å². The van der Waals surface area contributed by atoms with Crippen molar-refractivity contribution in [3.05, 3.63) is 61.3 Å². The van der Waals surface area contributed by atoms with Gasteiger partial charge in [0.2, 0.25) is 0 Å². The van der Waals surface area contributed by atoms with Crippen molar-refractivity contribution in [2.24, 2.45) is 5.92 Å². The summed E-state index contributed by atoms with van der Waals surface area (Å²) in [5, 5.41) is 10.8. The molecule has 1 aliphatic rings. The van der Waals surface area contributed by atoms with Crippen LogP contribution in [0.5, 0.6) is 0 Å². The molecular formula is C20H21N3O6S. The second-order valence-corrected chi connectivity index (χ2v) is 8.10. The number of fused-ring (bicyclic) bond motifs is 1. The lowest BCUT2D eigenvalue weighted by molar-refractivity contribution is -0.384. The summed E-state index contributed by atoms with van der Waals surface area (Å²) < 4.78 is 5.03. The molecular weight excluding hydrogens is 410 g/mol. The summed E-state index contributed by atoms with van der Waals surface area (Å²) in [7, 11) is 0. The van der Waals surface area contributed by atoms with E-state index in [1.807, 2.05) is 6.07 Å². The molecule has 0 bridgehead atoms. The fraction of sp³-hybridized carbons (Fsp3) is 0.350. The molecule has 0 aliphatic heterocycles. The molecule has 1 atom stereocenters. The van der Waals surface area contributed by atoms with Gasteiger partial charge in [-0.3, -0.25) is 30.6 Å². The monoisotopic (exact) mass is 431 g/mol. The highest BCUT2D eigenvalue weighted by Gasteiger charge is 2.23. The zero-order valence-electron chi connectivity index (χ0n) is 16.3. The SMILES string of the molecule is CC[C@H]1CCc2sc(C(=O)OCC(=O)NNC(=O)c3cccc([N+](=O)[O-])c3)cc2C1. The number of non-ortho nitro benzene ring substituents is 1. The molecule has 3 rings (SSSR count). The van der Waals surface area contributed by atoms with Crippen molar-refractivity contribution in [1.29, 1.82) is 0 Å². The zero-order valence-corrected chi connectivity index (χ0v) is 17.1. The summed E-state index contributed by atoms with van der Waals surface area (Å²) in [6.45, 7) is 1.60. The van der Waals surface area contributed by atoms with Gasteiger partial charge in [0, 0.05) is 22.6 Å². The zero-order chi connectivity index (χ0) is 21.7. The number of hydrazine groups is 1. The summed E-state index contributed by atoms with van der Waals surface area (Å²) >= 11 is 1.40. The van der Waals surface area contributed by atoms with E-state index in [1.165, 1.54) is 40.0 Å². The second kappa shape index (κ2) is 9.49. The van der Waals surface area contributed by atoms with E-state index in [0.717, 1.165) is 31.7 Å². The van der Waals surface area contributed by atoms with Gasteiger partial charge in [-0.15, -0.1) is 11.3 Å². The summed E-state index contributed by atoms with van der Waals surface area (Å²) in [4.78, 5) is 47.9. The number of carbonyl (C=O) groups is 3. The highest BCUT2D eigenvalue weighted by molar-refractivity contribution is 7.14. The molecule has 0 unspecified atom stereocenters. The van der Waals surface area contributed by atoms with Gasteiger partial charge in [-0.25, -0.2) is 4.79 Å². The van der Waals surface area contributed by atoms with Crippen LogP contribution in [0.4, 0.5) is 5.69 Å². The Morgan fingerprint density at radius 1 is 1.27 bits per heavy atom. The van der Waals surface area contributed by atoms with Crippen LogP contribution in [0.2, 0.25) is 0 Å². The van der Waals surface area contributed by atoms with Crippen LogP contribution in [0.15, 0.2) is 30.3 Å². The molecule has 1 aliphatic carbocycles. The standard InChI is InChI=1S/C20H21N3O6S/c1-2-12-6-7-16-14(8-12)10-17(30-16)20(26)29-11-18(24)21-22-19(25)13-4-3-5-15(9-13)23(27)28/h3-5,9-10,12H,2,6-8,11H2,1H3,(H,21,24)(H,22,25)/t12-/m0/s1. The molecule has 158 valence electrons. The number of esters is 1. The number of nitrogens with one attached hydrogen (secondary N) is 2. The van der Waals surface area contributed by atoms with Crippen LogP contribution in [-0.4, -0.2) is 29.3 Å². The van der Waals surface area contributed by atoms with Crippen LogP contribution in [0, 0.1) is 16.0 Å². The first-order chi connectivity index (χ1) is 14.4. The molecule has 1 aromatic carbocycles. The van der Waals surface area contributed by atoms with Gasteiger partial charge in [-0.05, 0) is 42.9 Å². The van der Waals surface area contributed by atoms with Crippen molar-refractivity contribution in [3.63, 3.8) is 0 Å². The smallest absolute Gasteiger partial charge is 0.348 e. The van der Waals surface area contributed by atoms with Crippen LogP contribution in [-0.2, 0) is 22.4 Å². The van der Waals surface area contributed by atoms with Crippen LogP contribution in [0.25, 0.3) is 0 Å². The number of aryl methyl sites for hydroxylation is 1. The number of nitro groups is 1. The molecule has 0 radical (unpaired) electrons. The van der Waals surface area contributed by atoms with Crippen LogP contribution < -0.4 is 10.9 Å². The molecule has 30 heavy (non-hydrogen) atoms. The molecule has 0 saturated heterocycles. The molecule has 0 saturated carbocycles. The number of carbonyl (C=O) groups excluding carboxylic acids is 3. The van der Waals surface area contributed by atoms with E-state index in [-0.39, 0.29) is 11.3 Å². The second-order valence-electron chi connectivity index (χ2n) is 6.96. The minimum Gasteiger partial charge on any atom is -0.451 e. The third kappa shape index (κ3) is 5.20. The summed E-state index contributed by atoms with van der Waals surface area (Å²) in [5.41, 5.74) is 5.19. The molecule has 10 heteroatoms. The lowest BCUT2D eigenvalue weighted by atomic mass is 9.87. The average molecular weight is 431 g/mol. The van der Waals surface area contributed by atoms with Crippen molar-refractivity contribution in [3.8, 4) is 0 Å². The molecule has 1 aromatic heterocycles. The van der Waals surface area contributed by atoms with E-state index in [1.54, 1.807) is 0 Å². The highest BCUT2D eigenvalue weighted by atomic mass is 32.1. The van der Waals surface area contributed by atoms with Gasteiger partial charge in [0.25, 0.3) is 17.5 Å². The Morgan fingerprint density at radius 3 is 2.80 bits per heavy atom. The average Bonchev–Trinajstić information content (AvgIpc) is 3.19. The fourth-order valence-corrected chi connectivity index (χ4v) is 4.35. The van der Waals surface area contributed by atoms with E-state index >= 15 is 0 Å². The fourth-order valence-electron chi connectivity index (χ4n) is 3.25. The molecule has 9 nitrogen and oxygen atoms in total. The highest BCUT2D eigenvalue weighted by Crippen LogP contribution is 2.33. The van der Waals surface area contributed by atoms with Crippen molar-refractivity contribution < 1.29 is 24.0 Å². The molecule has 2 N–H and O–H groups in total. The van der Waals surface area contributed by atoms with Crippen molar-refractivity contribution in [1.82, 2.24) is 10.9 Å². The number of nitro benzene ring substituents is 1. The predicted molar refractivity (Wildman–Crippen MR) is 109 cm³/mol. The van der Waals surface area contributed by atoms with Crippen LogP contribution in [0.3, 0.4) is 0 Å². The van der Waals surface area contributed by atoms with Crippen molar-refractivity contribution >= 4 is 34.8 Å². The number of rotatable bonds is 6. The first-order valence-corrected chi connectivity index (χ1v) is 10.3. The predicted octanol–water partition coefficient (Wildman–Crippen LogP) is 2.79. The molecule has 1 heterocycles. The Morgan fingerprint density at radius 2 is 2.07 bits per heavy atom. The Bertz CT molecular complexity index is 987. The number of benzene rings is 1. The van der Waals surface area contributed by atoms with Gasteiger partial charge in [0.15, 0.2) is 6.61 Å². The van der Waals surface area contributed by atoms with Crippen LogP contribution >= 0.6 is 11.3 Å². The third-order valence-electron chi connectivity index (χ3n) is 4.93. The van der Waals surface area contributed by atoms with Gasteiger partial charge in [-0.2, -0.15) is 0 Å². The summed E-state index contributed by atoms with van der Waals surface area (Å²) in [6, 6.07) is 6.91. The minimum absolute atomic E-state index is 0.0102. The Balaban J connectivity index is 1.47. The third-order valence-corrected chi connectivity index (χ3v) is 6.15. The Kier molecular flexibility index (Phi) is 6.78. The molecule has 2 aromatic rings. The van der Waals surface area contributed by atoms with Crippen molar-refractivity contribution in [2.45, 2.75) is 32.6 Å². The number of hydrogen-bond acceptors (Lipinski definition) is 7. The number of nitrogens with zero attached hydrogens (tertiary/aromatic N) is 1. The van der Waals surface area contributed by atoms with Crippen LogP contribution in [0.1, 0.15) is 50.2 Å². The first-order valence-electron chi connectivity index (χ1n) is 9.49. The lowest BCUT2D eigenvalue weighted by Crippen LogP contribution is -2.43. The quantitative estimate of drug-likeness (QED) is 0.411. The minimum atomic E-state index is -0.727. The normalized spacial score (nSPS) is 15.0. The largest absolute Gasteiger partial charge is 0.451 e. The Labute approximate surface area is 176 Å². The Hall–Kier alpha value is -3.27.